The van der Waals surface area contributed by atoms with Gasteiger partial charge in [0.05, 0.1) is 6.54 Å². The van der Waals surface area contributed by atoms with E-state index in [2.05, 4.69) is 4.98 Å². The molecule has 2 aromatic rings. The molecule has 1 aliphatic heterocycles. The Hall–Kier alpha value is -1.22. The molecule has 0 atom stereocenters. The number of hydrogen-bond donors (Lipinski definition) is 1. The number of thiophene rings is 1. The number of sulfonamides is 1. The molecule has 20 heavy (non-hydrogen) atoms. The lowest BCUT2D eigenvalue weighted by molar-refractivity contribution is 0.335. The maximum atomic E-state index is 12.8. The smallest absolute Gasteiger partial charge is 0.244 e. The predicted molar refractivity (Wildman–Crippen MR) is 76.8 cm³/mol. The molecule has 8 heteroatoms. The average Bonchev–Trinajstić information content (AvgIpc) is 3.03. The zero-order valence-corrected chi connectivity index (χ0v) is 12.7. The van der Waals surface area contributed by atoms with Crippen LogP contribution in [0.3, 0.4) is 0 Å². The first-order valence-electron chi connectivity index (χ1n) is 6.31. The van der Waals surface area contributed by atoms with Crippen LogP contribution in [0.15, 0.2) is 22.7 Å². The van der Waals surface area contributed by atoms with Crippen molar-refractivity contribution in [1.29, 1.82) is 0 Å². The van der Waals surface area contributed by atoms with Crippen molar-refractivity contribution < 1.29 is 8.42 Å². The summed E-state index contributed by atoms with van der Waals surface area (Å²) in [5.74, 6) is 0.780. The van der Waals surface area contributed by atoms with Gasteiger partial charge in [0.1, 0.15) is 10.7 Å². The lowest BCUT2D eigenvalue weighted by atomic mass is 10.3. The van der Waals surface area contributed by atoms with Gasteiger partial charge in [-0.15, -0.1) is 11.3 Å². The van der Waals surface area contributed by atoms with Crippen LogP contribution in [0.25, 0.3) is 0 Å². The summed E-state index contributed by atoms with van der Waals surface area (Å²) >= 11 is 1.40. The number of hydrogen-bond acceptors (Lipinski definition) is 5. The molecule has 1 aliphatic rings. The molecule has 0 bridgehead atoms. The SMILES string of the molecule is Cc1csc(CN)c1S(=O)(=O)N1CCn2ccnc2C1. The van der Waals surface area contributed by atoms with Crippen LogP contribution in [0.4, 0.5) is 0 Å². The molecular weight excluding hydrogens is 296 g/mol. The summed E-state index contributed by atoms with van der Waals surface area (Å²) in [5, 5.41) is 1.85. The number of imidazole rings is 1. The van der Waals surface area contributed by atoms with Gasteiger partial charge in [0.2, 0.25) is 10.0 Å². The van der Waals surface area contributed by atoms with E-state index in [4.69, 9.17) is 5.73 Å². The molecule has 2 aromatic heterocycles. The molecule has 0 saturated carbocycles. The van der Waals surface area contributed by atoms with Gasteiger partial charge in [-0.25, -0.2) is 13.4 Å². The van der Waals surface area contributed by atoms with E-state index in [1.807, 2.05) is 23.1 Å². The van der Waals surface area contributed by atoms with Gasteiger partial charge in [-0.3, -0.25) is 0 Å². The summed E-state index contributed by atoms with van der Waals surface area (Å²) < 4.78 is 29.1. The Bertz CT molecular complexity index is 732. The first-order valence-corrected chi connectivity index (χ1v) is 8.63. The molecule has 108 valence electrons. The van der Waals surface area contributed by atoms with Crippen LogP contribution in [0.2, 0.25) is 0 Å². The molecule has 0 aliphatic carbocycles. The van der Waals surface area contributed by atoms with Crippen molar-refractivity contribution in [2.45, 2.75) is 31.5 Å². The normalized spacial score (nSPS) is 16.3. The Labute approximate surface area is 121 Å². The van der Waals surface area contributed by atoms with Gasteiger partial charge in [-0.05, 0) is 17.9 Å². The number of nitrogens with two attached hydrogens (primary N) is 1. The highest BCUT2D eigenvalue weighted by Crippen LogP contribution is 2.30. The highest BCUT2D eigenvalue weighted by molar-refractivity contribution is 7.89. The molecule has 0 fully saturated rings. The van der Waals surface area contributed by atoms with E-state index in [1.165, 1.54) is 15.6 Å². The van der Waals surface area contributed by atoms with Gasteiger partial charge < -0.3 is 10.3 Å². The van der Waals surface area contributed by atoms with Crippen LogP contribution in [-0.4, -0.2) is 28.8 Å². The molecule has 2 N–H and O–H groups in total. The van der Waals surface area contributed by atoms with Crippen molar-refractivity contribution in [3.63, 3.8) is 0 Å². The van der Waals surface area contributed by atoms with E-state index in [0.29, 0.717) is 24.5 Å². The highest BCUT2D eigenvalue weighted by Gasteiger charge is 2.32. The van der Waals surface area contributed by atoms with Crippen molar-refractivity contribution in [3.8, 4) is 0 Å². The lowest BCUT2D eigenvalue weighted by Gasteiger charge is -2.27. The van der Waals surface area contributed by atoms with Gasteiger partial charge in [-0.2, -0.15) is 4.31 Å². The number of nitrogens with zero attached hydrogens (tertiary/aromatic N) is 3. The second-order valence-corrected chi connectivity index (χ2v) is 7.59. The van der Waals surface area contributed by atoms with Crippen LogP contribution in [0.1, 0.15) is 16.3 Å². The Kier molecular flexibility index (Phi) is 3.41. The molecule has 6 nitrogen and oxygen atoms in total. The molecule has 0 saturated heterocycles. The summed E-state index contributed by atoms with van der Waals surface area (Å²) in [6.07, 6.45) is 3.58. The molecule has 3 heterocycles. The van der Waals surface area contributed by atoms with E-state index in [-0.39, 0.29) is 6.54 Å². The Morgan fingerprint density at radius 1 is 1.45 bits per heavy atom. The van der Waals surface area contributed by atoms with E-state index in [9.17, 15) is 8.42 Å². The standard InChI is InChI=1S/C12H16N4O2S2/c1-9-8-19-10(6-13)12(9)20(17,18)16-5-4-15-3-2-14-11(15)7-16/h2-3,8H,4-7,13H2,1H3. The Morgan fingerprint density at radius 3 is 3.00 bits per heavy atom. The third kappa shape index (κ3) is 2.08. The van der Waals surface area contributed by atoms with Crippen molar-refractivity contribution >= 4 is 21.4 Å². The van der Waals surface area contributed by atoms with E-state index < -0.39 is 10.0 Å². The van der Waals surface area contributed by atoms with E-state index in [0.717, 1.165) is 16.3 Å². The fourth-order valence-electron chi connectivity index (χ4n) is 2.46. The third-order valence-electron chi connectivity index (χ3n) is 3.48. The van der Waals surface area contributed by atoms with E-state index in [1.54, 1.807) is 6.20 Å². The maximum Gasteiger partial charge on any atom is 0.244 e. The minimum atomic E-state index is -3.50. The average molecular weight is 312 g/mol. The molecule has 0 spiro atoms. The molecular formula is C12H16N4O2S2. The second-order valence-electron chi connectivity index (χ2n) is 4.75. The largest absolute Gasteiger partial charge is 0.333 e. The number of aryl methyl sites for hydroxylation is 1. The fourth-order valence-corrected chi connectivity index (χ4v) is 5.50. The van der Waals surface area contributed by atoms with Crippen LogP contribution in [-0.2, 0) is 29.7 Å². The summed E-state index contributed by atoms with van der Waals surface area (Å²) in [7, 11) is -3.50. The minimum Gasteiger partial charge on any atom is -0.333 e. The van der Waals surface area contributed by atoms with Crippen LogP contribution < -0.4 is 5.73 Å². The third-order valence-corrected chi connectivity index (χ3v) is 6.81. The molecule has 0 aromatic carbocycles. The molecule has 0 unspecified atom stereocenters. The quantitative estimate of drug-likeness (QED) is 0.913. The summed E-state index contributed by atoms with van der Waals surface area (Å²) in [5.41, 5.74) is 6.43. The lowest BCUT2D eigenvalue weighted by Crippen LogP contribution is -2.38. The van der Waals surface area contributed by atoms with Gasteiger partial charge in [0, 0.05) is 36.9 Å². The first-order chi connectivity index (χ1) is 9.54. The van der Waals surface area contributed by atoms with Crippen LogP contribution in [0.5, 0.6) is 0 Å². The van der Waals surface area contributed by atoms with Crippen molar-refractivity contribution in [2.75, 3.05) is 6.54 Å². The summed E-state index contributed by atoms with van der Waals surface area (Å²) in [4.78, 5) is 5.30. The Morgan fingerprint density at radius 2 is 2.25 bits per heavy atom. The number of rotatable bonds is 3. The van der Waals surface area contributed by atoms with Gasteiger partial charge in [-0.1, -0.05) is 0 Å². The predicted octanol–water partition coefficient (Wildman–Crippen LogP) is 0.916. The zero-order chi connectivity index (χ0) is 14.3. The topological polar surface area (TPSA) is 81.2 Å². The minimum absolute atomic E-state index is 0.246. The van der Waals surface area contributed by atoms with Crippen molar-refractivity contribution in [3.05, 3.63) is 34.0 Å². The monoisotopic (exact) mass is 312 g/mol. The highest BCUT2D eigenvalue weighted by atomic mass is 32.2. The zero-order valence-electron chi connectivity index (χ0n) is 11.1. The van der Waals surface area contributed by atoms with Crippen LogP contribution >= 0.6 is 11.3 Å². The van der Waals surface area contributed by atoms with Gasteiger partial charge in [0.15, 0.2) is 0 Å². The van der Waals surface area contributed by atoms with Crippen molar-refractivity contribution in [1.82, 2.24) is 13.9 Å². The summed E-state index contributed by atoms with van der Waals surface area (Å²) in [6.45, 7) is 3.47. The summed E-state index contributed by atoms with van der Waals surface area (Å²) in [6, 6.07) is 0. The molecule has 3 rings (SSSR count). The fraction of sp³-hybridized carbons (Fsp3) is 0.417. The van der Waals surface area contributed by atoms with Crippen LogP contribution in [0, 0.1) is 6.92 Å². The first kappa shape index (κ1) is 13.7. The van der Waals surface area contributed by atoms with E-state index >= 15 is 0 Å². The maximum absolute atomic E-state index is 12.8. The molecule has 0 amide bonds. The number of aromatic nitrogens is 2. The Balaban J connectivity index is 1.99. The van der Waals surface area contributed by atoms with Crippen molar-refractivity contribution in [2.24, 2.45) is 5.73 Å². The van der Waals surface area contributed by atoms with Gasteiger partial charge >= 0.3 is 0 Å². The second kappa shape index (κ2) is 4.96. The molecule has 0 radical (unpaired) electrons. The van der Waals surface area contributed by atoms with Gasteiger partial charge in [0.25, 0.3) is 0 Å². The number of fused-ring (bicyclic) bond motifs is 1.